The normalized spacial score (nSPS) is 10.2. The third kappa shape index (κ3) is 3.29. The summed E-state index contributed by atoms with van der Waals surface area (Å²) in [4.78, 5) is 3.82. The maximum Gasteiger partial charge on any atom is 0.490 e. The first kappa shape index (κ1) is 12.5. The summed E-state index contributed by atoms with van der Waals surface area (Å²) in [6.45, 7) is 0.185. The average Bonchev–Trinajstić information content (AvgIpc) is 2.37. The summed E-state index contributed by atoms with van der Waals surface area (Å²) >= 11 is 0. The van der Waals surface area contributed by atoms with Gasteiger partial charge in [-0.2, -0.15) is 0 Å². The maximum absolute atomic E-state index is 12.9. The Morgan fingerprint density at radius 3 is 2.78 bits per heavy atom. The van der Waals surface area contributed by atoms with E-state index in [1.54, 1.807) is 12.1 Å². The molecule has 18 heavy (non-hydrogen) atoms. The quantitative estimate of drug-likeness (QED) is 0.771. The van der Waals surface area contributed by atoms with Gasteiger partial charge in [-0.25, -0.2) is 4.39 Å². The monoisotopic (exact) mass is 247 g/mol. The minimum absolute atomic E-state index is 0.185. The van der Waals surface area contributed by atoms with Crippen molar-refractivity contribution in [3.63, 3.8) is 0 Å². The van der Waals surface area contributed by atoms with Gasteiger partial charge in [-0.3, -0.25) is 4.98 Å². The molecule has 1 heterocycles. The van der Waals surface area contributed by atoms with Crippen molar-refractivity contribution in [2.24, 2.45) is 0 Å². The van der Waals surface area contributed by atoms with E-state index in [1.807, 2.05) is 0 Å². The van der Waals surface area contributed by atoms with E-state index in [-0.39, 0.29) is 17.9 Å². The first-order valence-electron chi connectivity index (χ1n) is 5.33. The van der Waals surface area contributed by atoms with Crippen LogP contribution in [0.4, 0.5) is 4.39 Å². The van der Waals surface area contributed by atoms with Crippen LogP contribution in [0.25, 0.3) is 0 Å². The zero-order valence-electron chi connectivity index (χ0n) is 9.45. The molecule has 6 heteroatoms. The Balaban J connectivity index is 2.04. The fourth-order valence-corrected chi connectivity index (χ4v) is 1.45. The summed E-state index contributed by atoms with van der Waals surface area (Å²) in [6, 6.07) is 7.53. The zero-order chi connectivity index (χ0) is 13.0. The van der Waals surface area contributed by atoms with Crippen LogP contribution in [0.2, 0.25) is 0 Å². The highest BCUT2D eigenvalue weighted by Crippen LogP contribution is 2.10. The first-order valence-corrected chi connectivity index (χ1v) is 5.33. The van der Waals surface area contributed by atoms with E-state index < -0.39 is 7.12 Å². The molecular weight excluding hydrogens is 236 g/mol. The smallest absolute Gasteiger partial charge is 0.487 e. The summed E-state index contributed by atoms with van der Waals surface area (Å²) < 4.78 is 18.3. The molecule has 0 spiro atoms. The molecule has 92 valence electrons. The van der Waals surface area contributed by atoms with Crippen LogP contribution in [0.3, 0.4) is 0 Å². The molecule has 0 aliphatic heterocycles. The summed E-state index contributed by atoms with van der Waals surface area (Å²) in [5, 5.41) is 18.0. The van der Waals surface area contributed by atoms with E-state index in [0.717, 1.165) is 0 Å². The number of hydrogen-bond acceptors (Lipinski definition) is 4. The Kier molecular flexibility index (Phi) is 3.91. The van der Waals surface area contributed by atoms with Crippen LogP contribution in [0.5, 0.6) is 5.75 Å². The molecule has 0 unspecified atom stereocenters. The van der Waals surface area contributed by atoms with Crippen LogP contribution in [-0.4, -0.2) is 22.2 Å². The molecule has 0 saturated carbocycles. The van der Waals surface area contributed by atoms with Gasteiger partial charge in [-0.05, 0) is 23.8 Å². The van der Waals surface area contributed by atoms with E-state index in [0.29, 0.717) is 11.3 Å². The van der Waals surface area contributed by atoms with E-state index in [1.165, 1.54) is 30.6 Å². The summed E-state index contributed by atoms with van der Waals surface area (Å²) in [6.07, 6.45) is 2.78. The standard InChI is InChI=1S/C12H11BFNO3/c14-11-3-1-2-9(4-11)8-18-12-5-10(13(16)17)6-15-7-12/h1-7,16-17H,8H2. The van der Waals surface area contributed by atoms with Gasteiger partial charge in [-0.1, -0.05) is 12.1 Å². The van der Waals surface area contributed by atoms with Gasteiger partial charge in [0.1, 0.15) is 18.2 Å². The molecule has 1 aromatic carbocycles. The fraction of sp³-hybridized carbons (Fsp3) is 0.0833. The molecule has 0 amide bonds. The third-order valence-electron chi connectivity index (χ3n) is 2.33. The second-order valence-corrected chi connectivity index (χ2v) is 3.75. The second-order valence-electron chi connectivity index (χ2n) is 3.75. The SMILES string of the molecule is OB(O)c1cncc(OCc2cccc(F)c2)c1. The predicted octanol–water partition coefficient (Wildman–Crippen LogP) is 0.479. The summed E-state index contributed by atoms with van der Waals surface area (Å²) in [5.74, 6) is 0.0682. The van der Waals surface area contributed by atoms with Crippen LogP contribution in [0, 0.1) is 5.82 Å². The molecule has 0 atom stereocenters. The topological polar surface area (TPSA) is 62.6 Å². The Morgan fingerprint density at radius 1 is 1.22 bits per heavy atom. The van der Waals surface area contributed by atoms with Crippen LogP contribution < -0.4 is 10.2 Å². The largest absolute Gasteiger partial charge is 0.490 e. The zero-order valence-corrected chi connectivity index (χ0v) is 9.45. The molecule has 0 saturated heterocycles. The second kappa shape index (κ2) is 5.62. The Morgan fingerprint density at radius 2 is 2.06 bits per heavy atom. The number of benzene rings is 1. The lowest BCUT2D eigenvalue weighted by Crippen LogP contribution is -2.30. The minimum atomic E-state index is -1.59. The van der Waals surface area contributed by atoms with Gasteiger partial charge in [-0.15, -0.1) is 0 Å². The van der Waals surface area contributed by atoms with Crippen LogP contribution >= 0.6 is 0 Å². The summed E-state index contributed by atoms with van der Waals surface area (Å²) in [7, 11) is -1.59. The molecule has 0 fully saturated rings. The maximum atomic E-state index is 12.9. The molecule has 0 bridgehead atoms. The van der Waals surface area contributed by atoms with Crippen molar-refractivity contribution < 1.29 is 19.2 Å². The lowest BCUT2D eigenvalue weighted by atomic mass is 9.82. The van der Waals surface area contributed by atoms with Gasteiger partial charge >= 0.3 is 7.12 Å². The molecular formula is C12H11BFNO3. The van der Waals surface area contributed by atoms with Crippen LogP contribution in [-0.2, 0) is 6.61 Å². The van der Waals surface area contributed by atoms with E-state index in [2.05, 4.69) is 4.98 Å². The average molecular weight is 247 g/mol. The lowest BCUT2D eigenvalue weighted by molar-refractivity contribution is 0.304. The van der Waals surface area contributed by atoms with E-state index >= 15 is 0 Å². The number of ether oxygens (including phenoxy) is 1. The van der Waals surface area contributed by atoms with Crippen molar-refractivity contribution in [2.45, 2.75) is 6.61 Å². The van der Waals surface area contributed by atoms with E-state index in [4.69, 9.17) is 14.8 Å². The number of nitrogens with zero attached hydrogens (tertiary/aromatic N) is 1. The number of pyridine rings is 1. The highest BCUT2D eigenvalue weighted by Gasteiger charge is 2.11. The van der Waals surface area contributed by atoms with Crippen molar-refractivity contribution in [1.82, 2.24) is 4.98 Å². The molecule has 0 aliphatic rings. The van der Waals surface area contributed by atoms with Gasteiger partial charge < -0.3 is 14.8 Å². The van der Waals surface area contributed by atoms with Crippen molar-refractivity contribution >= 4 is 12.6 Å². The highest BCUT2D eigenvalue weighted by atomic mass is 19.1. The highest BCUT2D eigenvalue weighted by molar-refractivity contribution is 6.58. The number of rotatable bonds is 4. The lowest BCUT2D eigenvalue weighted by Gasteiger charge is -2.07. The fourth-order valence-electron chi connectivity index (χ4n) is 1.45. The molecule has 4 nitrogen and oxygen atoms in total. The summed E-state index contributed by atoms with van der Waals surface area (Å²) in [5.41, 5.74) is 0.927. The predicted molar refractivity (Wildman–Crippen MR) is 64.8 cm³/mol. The van der Waals surface area contributed by atoms with E-state index in [9.17, 15) is 4.39 Å². The number of halogens is 1. The van der Waals surface area contributed by atoms with Crippen LogP contribution in [0.1, 0.15) is 5.56 Å². The van der Waals surface area contributed by atoms with Gasteiger partial charge in [0.25, 0.3) is 0 Å². The number of aromatic nitrogens is 1. The minimum Gasteiger partial charge on any atom is -0.487 e. The first-order chi connectivity index (χ1) is 8.65. The van der Waals surface area contributed by atoms with Gasteiger partial charge in [0.2, 0.25) is 0 Å². The van der Waals surface area contributed by atoms with Crippen molar-refractivity contribution in [2.75, 3.05) is 0 Å². The van der Waals surface area contributed by atoms with Gasteiger partial charge in [0, 0.05) is 11.7 Å². The Labute approximate surface area is 104 Å². The molecule has 2 aromatic rings. The Hall–Kier alpha value is -1.92. The third-order valence-corrected chi connectivity index (χ3v) is 2.33. The van der Waals surface area contributed by atoms with Crippen molar-refractivity contribution in [3.05, 3.63) is 54.1 Å². The molecule has 0 aliphatic carbocycles. The molecule has 2 N–H and O–H groups in total. The molecule has 2 rings (SSSR count). The van der Waals surface area contributed by atoms with Crippen molar-refractivity contribution in [3.8, 4) is 5.75 Å². The van der Waals surface area contributed by atoms with Crippen molar-refractivity contribution in [1.29, 1.82) is 0 Å². The van der Waals surface area contributed by atoms with Gasteiger partial charge in [0.15, 0.2) is 0 Å². The molecule has 0 radical (unpaired) electrons. The number of hydrogen-bond donors (Lipinski definition) is 2. The Bertz CT molecular complexity index is 536. The molecule has 1 aromatic heterocycles. The van der Waals surface area contributed by atoms with Crippen LogP contribution in [0.15, 0.2) is 42.7 Å². The van der Waals surface area contributed by atoms with Gasteiger partial charge in [0.05, 0.1) is 6.20 Å².